The van der Waals surface area contributed by atoms with Crippen molar-refractivity contribution in [2.24, 2.45) is 0 Å². The molecule has 1 unspecified atom stereocenters. The van der Waals surface area contributed by atoms with Crippen LogP contribution in [0.2, 0.25) is 0 Å². The van der Waals surface area contributed by atoms with Crippen LogP contribution in [-0.2, 0) is 0 Å². The zero-order valence-electron chi connectivity index (χ0n) is 9.02. The standard InChI is InChI=1S/C9H14N4S2/c1-7(2)13-9(3,4-10)5-14-8-11-6-12-15-8/h6-7,13H,5H2,1-3H3. The molecule has 0 aliphatic carbocycles. The SMILES string of the molecule is CC(C)NC(C)(C#N)CSc1ncns1. The van der Waals surface area contributed by atoms with Gasteiger partial charge in [0.1, 0.15) is 11.9 Å². The molecule has 1 aromatic heterocycles. The van der Waals surface area contributed by atoms with E-state index in [1.807, 2.05) is 20.8 Å². The lowest BCUT2D eigenvalue weighted by molar-refractivity contribution is 0.443. The van der Waals surface area contributed by atoms with E-state index in [4.69, 9.17) is 5.26 Å². The second kappa shape index (κ2) is 5.45. The lowest BCUT2D eigenvalue weighted by atomic mass is 10.1. The van der Waals surface area contributed by atoms with Gasteiger partial charge in [0.2, 0.25) is 0 Å². The van der Waals surface area contributed by atoms with Crippen molar-refractivity contribution >= 4 is 23.3 Å². The average Bonchev–Trinajstić information content (AvgIpc) is 2.66. The molecule has 15 heavy (non-hydrogen) atoms. The number of hydrogen-bond acceptors (Lipinski definition) is 6. The maximum Gasteiger partial charge on any atom is 0.169 e. The first-order valence-corrected chi connectivity index (χ1v) is 6.40. The Labute approximate surface area is 98.3 Å². The highest BCUT2D eigenvalue weighted by atomic mass is 32.2. The van der Waals surface area contributed by atoms with Crippen LogP contribution in [0.3, 0.4) is 0 Å². The summed E-state index contributed by atoms with van der Waals surface area (Å²) in [6.07, 6.45) is 1.53. The summed E-state index contributed by atoms with van der Waals surface area (Å²) in [5, 5.41) is 12.3. The third-order valence-corrected chi connectivity index (χ3v) is 3.79. The van der Waals surface area contributed by atoms with Crippen LogP contribution in [0, 0.1) is 11.3 Å². The van der Waals surface area contributed by atoms with Gasteiger partial charge < -0.3 is 0 Å². The van der Waals surface area contributed by atoms with Gasteiger partial charge in [-0.3, -0.25) is 5.32 Å². The minimum atomic E-state index is -0.509. The summed E-state index contributed by atoms with van der Waals surface area (Å²) in [7, 11) is 0. The van der Waals surface area contributed by atoms with E-state index in [1.165, 1.54) is 17.9 Å². The van der Waals surface area contributed by atoms with Crippen LogP contribution < -0.4 is 5.32 Å². The van der Waals surface area contributed by atoms with Gasteiger partial charge in [-0.25, -0.2) is 4.98 Å². The Morgan fingerprint density at radius 1 is 1.73 bits per heavy atom. The summed E-state index contributed by atoms with van der Waals surface area (Å²) in [4.78, 5) is 4.07. The molecular weight excluding hydrogens is 228 g/mol. The summed E-state index contributed by atoms with van der Waals surface area (Å²) in [6.45, 7) is 5.97. The fourth-order valence-electron chi connectivity index (χ4n) is 1.18. The van der Waals surface area contributed by atoms with Gasteiger partial charge in [-0.1, -0.05) is 11.8 Å². The quantitative estimate of drug-likeness (QED) is 0.799. The largest absolute Gasteiger partial charge is 0.297 e. The lowest BCUT2D eigenvalue weighted by Gasteiger charge is -2.24. The van der Waals surface area contributed by atoms with Gasteiger partial charge in [0.15, 0.2) is 4.34 Å². The van der Waals surface area contributed by atoms with Crippen molar-refractivity contribution in [2.45, 2.75) is 36.7 Å². The normalized spacial score (nSPS) is 14.9. The van der Waals surface area contributed by atoms with E-state index in [2.05, 4.69) is 20.7 Å². The molecule has 6 heteroatoms. The zero-order valence-corrected chi connectivity index (χ0v) is 10.7. The van der Waals surface area contributed by atoms with Crippen molar-refractivity contribution < 1.29 is 0 Å². The van der Waals surface area contributed by atoms with Gasteiger partial charge >= 0.3 is 0 Å². The van der Waals surface area contributed by atoms with Crippen molar-refractivity contribution in [1.29, 1.82) is 5.26 Å². The molecular formula is C9H14N4S2. The molecule has 1 atom stereocenters. The molecule has 1 rings (SSSR count). The van der Waals surface area contributed by atoms with Crippen LogP contribution in [0.25, 0.3) is 0 Å². The molecule has 0 aliphatic heterocycles. The monoisotopic (exact) mass is 242 g/mol. The molecule has 0 radical (unpaired) electrons. The molecule has 0 spiro atoms. The summed E-state index contributed by atoms with van der Waals surface area (Å²) in [5.74, 6) is 0.677. The molecule has 0 saturated heterocycles. The molecule has 4 nitrogen and oxygen atoms in total. The predicted molar refractivity (Wildman–Crippen MR) is 62.9 cm³/mol. The molecule has 1 N–H and O–H groups in total. The Kier molecular flexibility index (Phi) is 4.51. The summed E-state index contributed by atoms with van der Waals surface area (Å²) < 4.78 is 4.82. The Morgan fingerprint density at radius 3 is 2.93 bits per heavy atom. The highest BCUT2D eigenvalue weighted by molar-refractivity contribution is 8.01. The van der Waals surface area contributed by atoms with Crippen LogP contribution in [-0.4, -0.2) is 26.7 Å². The molecule has 0 aliphatic rings. The van der Waals surface area contributed by atoms with Crippen molar-refractivity contribution in [1.82, 2.24) is 14.7 Å². The van der Waals surface area contributed by atoms with E-state index < -0.39 is 5.54 Å². The maximum atomic E-state index is 9.10. The zero-order chi connectivity index (χ0) is 11.3. The molecule has 1 heterocycles. The third-order valence-electron chi connectivity index (χ3n) is 1.68. The van der Waals surface area contributed by atoms with Crippen LogP contribution in [0.4, 0.5) is 0 Å². The van der Waals surface area contributed by atoms with Gasteiger partial charge in [0, 0.05) is 11.8 Å². The Balaban J connectivity index is 2.50. The van der Waals surface area contributed by atoms with Crippen LogP contribution in [0.15, 0.2) is 10.7 Å². The molecule has 0 saturated carbocycles. The Hall–Kier alpha value is -0.640. The molecule has 0 fully saturated rings. The van der Waals surface area contributed by atoms with E-state index in [9.17, 15) is 0 Å². The fraction of sp³-hybridized carbons (Fsp3) is 0.667. The van der Waals surface area contributed by atoms with E-state index in [0.29, 0.717) is 11.8 Å². The smallest absolute Gasteiger partial charge is 0.169 e. The van der Waals surface area contributed by atoms with E-state index in [0.717, 1.165) is 4.34 Å². The Morgan fingerprint density at radius 2 is 2.47 bits per heavy atom. The number of nitriles is 1. The maximum absolute atomic E-state index is 9.10. The van der Waals surface area contributed by atoms with Gasteiger partial charge in [-0.05, 0) is 32.3 Å². The number of nitrogens with one attached hydrogen (secondary N) is 1. The van der Waals surface area contributed by atoms with Crippen LogP contribution in [0.1, 0.15) is 20.8 Å². The van der Waals surface area contributed by atoms with Crippen LogP contribution >= 0.6 is 23.3 Å². The fourth-order valence-corrected chi connectivity index (χ4v) is 2.65. The molecule has 82 valence electrons. The van der Waals surface area contributed by atoms with Gasteiger partial charge in [0.05, 0.1) is 6.07 Å². The highest BCUT2D eigenvalue weighted by Gasteiger charge is 2.24. The second-order valence-corrected chi connectivity index (χ2v) is 5.74. The summed E-state index contributed by atoms with van der Waals surface area (Å²) in [5.41, 5.74) is -0.509. The summed E-state index contributed by atoms with van der Waals surface area (Å²) >= 11 is 2.92. The average molecular weight is 242 g/mol. The van der Waals surface area contributed by atoms with Gasteiger partial charge in [-0.15, -0.1) is 0 Å². The van der Waals surface area contributed by atoms with E-state index in [1.54, 1.807) is 11.8 Å². The van der Waals surface area contributed by atoms with E-state index >= 15 is 0 Å². The van der Waals surface area contributed by atoms with Crippen molar-refractivity contribution in [3.8, 4) is 6.07 Å². The topological polar surface area (TPSA) is 61.6 Å². The number of hydrogen-bond donors (Lipinski definition) is 1. The van der Waals surface area contributed by atoms with Gasteiger partial charge in [0.25, 0.3) is 0 Å². The lowest BCUT2D eigenvalue weighted by Crippen LogP contribution is -2.47. The number of thioether (sulfide) groups is 1. The first-order valence-electron chi connectivity index (χ1n) is 4.64. The molecule has 0 amide bonds. The molecule has 0 bridgehead atoms. The first-order chi connectivity index (χ1) is 7.06. The second-order valence-electron chi connectivity index (χ2n) is 3.74. The minimum absolute atomic E-state index is 0.296. The number of nitrogens with zero attached hydrogens (tertiary/aromatic N) is 3. The van der Waals surface area contributed by atoms with Gasteiger partial charge in [-0.2, -0.15) is 9.64 Å². The molecule has 0 aromatic carbocycles. The highest BCUT2D eigenvalue weighted by Crippen LogP contribution is 2.23. The van der Waals surface area contributed by atoms with Crippen molar-refractivity contribution in [3.63, 3.8) is 0 Å². The minimum Gasteiger partial charge on any atom is -0.297 e. The summed E-state index contributed by atoms with van der Waals surface area (Å²) in [6, 6.07) is 2.59. The first kappa shape index (κ1) is 12.4. The van der Waals surface area contributed by atoms with Crippen molar-refractivity contribution in [3.05, 3.63) is 6.33 Å². The molecule has 1 aromatic rings. The third kappa shape index (κ3) is 4.16. The van der Waals surface area contributed by atoms with Crippen molar-refractivity contribution in [2.75, 3.05) is 5.75 Å². The Bertz CT molecular complexity index is 330. The number of aromatic nitrogens is 2. The van der Waals surface area contributed by atoms with Crippen LogP contribution in [0.5, 0.6) is 0 Å². The predicted octanol–water partition coefficient (Wildman–Crippen LogP) is 1.91. The van der Waals surface area contributed by atoms with E-state index in [-0.39, 0.29) is 0 Å². The number of rotatable bonds is 5.